The van der Waals surface area contributed by atoms with E-state index in [0.29, 0.717) is 0 Å². The quantitative estimate of drug-likeness (QED) is 0.610. The highest BCUT2D eigenvalue weighted by molar-refractivity contribution is 6.32. The number of pyridine rings is 1. The first-order valence-corrected chi connectivity index (χ1v) is 7.60. The van der Waals surface area contributed by atoms with Gasteiger partial charge in [0, 0.05) is 5.39 Å². The monoisotopic (exact) mass is 428 g/mol. The molecule has 2 rings (SSSR count). The van der Waals surface area contributed by atoms with E-state index in [4.69, 9.17) is 16.7 Å². The van der Waals surface area contributed by atoms with Gasteiger partial charge in [0.15, 0.2) is 12.3 Å². The van der Waals surface area contributed by atoms with E-state index in [0.717, 1.165) is 18.2 Å². The van der Waals surface area contributed by atoms with Crippen molar-refractivity contribution in [2.45, 2.75) is 12.1 Å². The molecule has 0 saturated carbocycles. The lowest BCUT2D eigenvalue weighted by atomic mass is 10.1. The maximum atomic E-state index is 13.0. The lowest BCUT2D eigenvalue weighted by molar-refractivity contribution is -0.289. The van der Waals surface area contributed by atoms with Crippen LogP contribution in [0, 0.1) is 0 Å². The average molecular weight is 429 g/mol. The Bertz CT molecular complexity index is 935. The molecule has 0 radical (unpaired) electrons. The second kappa shape index (κ2) is 7.62. The molecule has 0 fully saturated rings. The predicted octanol–water partition coefficient (Wildman–Crippen LogP) is 2.98. The molecule has 1 heterocycles. The number of carbonyl (C=O) groups excluding carboxylic acids is 1. The molecule has 0 saturated heterocycles. The van der Waals surface area contributed by atoms with E-state index in [9.17, 15) is 36.6 Å². The van der Waals surface area contributed by atoms with Crippen molar-refractivity contribution in [1.29, 1.82) is 0 Å². The molecule has 3 N–H and O–H groups in total. The molecular formula is C15H10ClF5N2O5. The third-order valence-corrected chi connectivity index (χ3v) is 3.58. The van der Waals surface area contributed by atoms with E-state index in [1.165, 1.54) is 0 Å². The number of hydrogen-bond donors (Lipinski definition) is 3. The van der Waals surface area contributed by atoms with Crippen LogP contribution < -0.4 is 10.1 Å². The molecule has 1 amide bonds. The first-order chi connectivity index (χ1) is 12.8. The van der Waals surface area contributed by atoms with Crippen molar-refractivity contribution in [3.8, 4) is 11.5 Å². The summed E-state index contributed by atoms with van der Waals surface area (Å²) >= 11 is 5.79. The summed E-state index contributed by atoms with van der Waals surface area (Å²) in [5.74, 6) is -8.68. The Morgan fingerprint density at radius 2 is 1.82 bits per heavy atom. The number of amides is 1. The molecule has 13 heteroatoms. The van der Waals surface area contributed by atoms with E-state index in [2.05, 4.69) is 9.72 Å². The third kappa shape index (κ3) is 4.68. The van der Waals surface area contributed by atoms with E-state index >= 15 is 0 Å². The SMILES string of the molecule is O=C(O)CNC(=O)c1nc2cc(Cl)c(OCC(F)(F)C(F)(F)F)cc2cc1O. The second-order valence-electron chi connectivity index (χ2n) is 5.40. The van der Waals surface area contributed by atoms with Crippen LogP contribution in [0.5, 0.6) is 11.5 Å². The highest BCUT2D eigenvalue weighted by atomic mass is 35.5. The van der Waals surface area contributed by atoms with Gasteiger partial charge in [-0.1, -0.05) is 11.6 Å². The van der Waals surface area contributed by atoms with Gasteiger partial charge in [0.2, 0.25) is 0 Å². The minimum absolute atomic E-state index is 0.0157. The third-order valence-electron chi connectivity index (χ3n) is 3.29. The summed E-state index contributed by atoms with van der Waals surface area (Å²) in [6.07, 6.45) is -5.81. The number of carboxylic acids is 1. The largest absolute Gasteiger partial charge is 0.505 e. The van der Waals surface area contributed by atoms with Gasteiger partial charge in [-0.3, -0.25) is 9.59 Å². The molecule has 0 unspecified atom stereocenters. The molecule has 0 aliphatic rings. The zero-order valence-corrected chi connectivity index (χ0v) is 14.2. The molecule has 28 heavy (non-hydrogen) atoms. The van der Waals surface area contributed by atoms with Gasteiger partial charge in [0.25, 0.3) is 5.91 Å². The van der Waals surface area contributed by atoms with Crippen molar-refractivity contribution >= 4 is 34.4 Å². The highest BCUT2D eigenvalue weighted by Gasteiger charge is 2.58. The maximum Gasteiger partial charge on any atom is 0.456 e. The Kier molecular flexibility index (Phi) is 5.83. The number of rotatable bonds is 6. The van der Waals surface area contributed by atoms with E-state index < -0.39 is 54.3 Å². The van der Waals surface area contributed by atoms with Gasteiger partial charge < -0.3 is 20.3 Å². The highest BCUT2D eigenvalue weighted by Crippen LogP contribution is 2.37. The molecule has 0 aliphatic carbocycles. The van der Waals surface area contributed by atoms with Crippen LogP contribution in [0.15, 0.2) is 18.2 Å². The standard InChI is InChI=1S/C15H10ClF5N2O5/c16-7-3-8-6(2-10(7)28-5-14(17,18)15(19,20)21)1-9(24)12(23-8)13(27)22-4-11(25)26/h1-3,24H,4-5H2,(H,22,27)(H,25,26). The maximum absolute atomic E-state index is 13.0. The lowest BCUT2D eigenvalue weighted by Gasteiger charge is -2.20. The van der Waals surface area contributed by atoms with Crippen molar-refractivity contribution in [1.82, 2.24) is 10.3 Å². The van der Waals surface area contributed by atoms with Gasteiger partial charge >= 0.3 is 18.1 Å². The van der Waals surface area contributed by atoms with Gasteiger partial charge in [-0.25, -0.2) is 4.98 Å². The molecule has 0 spiro atoms. The summed E-state index contributed by atoms with van der Waals surface area (Å²) in [4.78, 5) is 26.1. The Morgan fingerprint density at radius 3 is 2.39 bits per heavy atom. The summed E-state index contributed by atoms with van der Waals surface area (Å²) in [5.41, 5.74) is -0.569. The van der Waals surface area contributed by atoms with Crippen LogP contribution >= 0.6 is 11.6 Å². The number of nitrogens with zero attached hydrogens (tertiary/aromatic N) is 1. The number of halogens is 6. The van der Waals surface area contributed by atoms with Crippen LogP contribution in [0.1, 0.15) is 10.5 Å². The van der Waals surface area contributed by atoms with Crippen LogP contribution in [-0.4, -0.2) is 52.3 Å². The molecule has 2 aromatic rings. The zero-order chi connectivity index (χ0) is 21.3. The first-order valence-electron chi connectivity index (χ1n) is 7.22. The van der Waals surface area contributed by atoms with Crippen molar-refractivity contribution in [2.24, 2.45) is 0 Å². The summed E-state index contributed by atoms with van der Waals surface area (Å²) in [6.45, 7) is -2.75. The predicted molar refractivity (Wildman–Crippen MR) is 84.9 cm³/mol. The first kappa shape index (κ1) is 21.4. The number of aromatic hydroxyl groups is 1. The van der Waals surface area contributed by atoms with Crippen LogP contribution in [0.2, 0.25) is 5.02 Å². The zero-order valence-electron chi connectivity index (χ0n) is 13.5. The van der Waals surface area contributed by atoms with Crippen molar-refractivity contribution in [3.63, 3.8) is 0 Å². The van der Waals surface area contributed by atoms with Gasteiger partial charge in [-0.2, -0.15) is 22.0 Å². The molecule has 1 aromatic carbocycles. The summed E-state index contributed by atoms with van der Waals surface area (Å²) in [6, 6.07) is 2.93. The summed E-state index contributed by atoms with van der Waals surface area (Å²) in [7, 11) is 0. The van der Waals surface area contributed by atoms with Crippen molar-refractivity contribution in [2.75, 3.05) is 13.2 Å². The average Bonchev–Trinajstić information content (AvgIpc) is 2.56. The molecule has 152 valence electrons. The van der Waals surface area contributed by atoms with Crippen LogP contribution in [0.4, 0.5) is 22.0 Å². The second-order valence-corrected chi connectivity index (χ2v) is 5.81. The molecular weight excluding hydrogens is 419 g/mol. The molecule has 0 bridgehead atoms. The minimum Gasteiger partial charge on any atom is -0.505 e. The molecule has 0 aliphatic heterocycles. The Balaban J connectivity index is 2.31. The number of ether oxygens (including phenoxy) is 1. The number of carboxylic acid groups (broad SMARTS) is 1. The normalized spacial score (nSPS) is 12.1. The number of aromatic nitrogens is 1. The summed E-state index contributed by atoms with van der Waals surface area (Å²) in [5, 5.41) is 20.0. The van der Waals surface area contributed by atoms with Gasteiger partial charge in [-0.15, -0.1) is 0 Å². The number of alkyl halides is 5. The molecule has 7 nitrogen and oxygen atoms in total. The number of nitrogens with one attached hydrogen (secondary N) is 1. The minimum atomic E-state index is -5.81. The Hall–Kier alpha value is -2.89. The van der Waals surface area contributed by atoms with Gasteiger partial charge in [0.1, 0.15) is 18.0 Å². The lowest BCUT2D eigenvalue weighted by Crippen LogP contribution is -2.41. The van der Waals surface area contributed by atoms with Gasteiger partial charge in [-0.05, 0) is 18.2 Å². The van der Waals surface area contributed by atoms with Gasteiger partial charge in [0.05, 0.1) is 10.5 Å². The Morgan fingerprint density at radius 1 is 1.18 bits per heavy atom. The van der Waals surface area contributed by atoms with E-state index in [1.54, 1.807) is 0 Å². The van der Waals surface area contributed by atoms with Crippen LogP contribution in [-0.2, 0) is 4.79 Å². The number of benzene rings is 1. The smallest absolute Gasteiger partial charge is 0.456 e. The van der Waals surface area contributed by atoms with E-state index in [1.807, 2.05) is 5.32 Å². The Labute approximate surface area is 157 Å². The number of carbonyl (C=O) groups is 2. The molecule has 1 aromatic heterocycles. The number of fused-ring (bicyclic) bond motifs is 1. The fourth-order valence-electron chi connectivity index (χ4n) is 1.93. The van der Waals surface area contributed by atoms with Crippen LogP contribution in [0.3, 0.4) is 0 Å². The summed E-state index contributed by atoms with van der Waals surface area (Å²) < 4.78 is 67.0. The topological polar surface area (TPSA) is 109 Å². The fraction of sp³-hybridized carbons (Fsp3) is 0.267. The van der Waals surface area contributed by atoms with E-state index in [-0.39, 0.29) is 15.9 Å². The molecule has 0 atom stereocenters. The number of aliphatic carboxylic acids is 1. The van der Waals surface area contributed by atoms with Crippen molar-refractivity contribution < 1.29 is 46.5 Å². The van der Waals surface area contributed by atoms with Crippen LogP contribution in [0.25, 0.3) is 10.9 Å². The van der Waals surface area contributed by atoms with Crippen molar-refractivity contribution in [3.05, 3.63) is 28.9 Å². The number of hydrogen-bond acceptors (Lipinski definition) is 5. The fourth-order valence-corrected chi connectivity index (χ4v) is 2.14.